The van der Waals surface area contributed by atoms with Crippen molar-refractivity contribution in [1.29, 1.82) is 0 Å². The number of likely N-dealkylation sites (N-methyl/N-ethyl adjacent to an activating group) is 1. The first kappa shape index (κ1) is 14.2. The van der Waals surface area contributed by atoms with Crippen LogP contribution in [0.1, 0.15) is 12.5 Å². The van der Waals surface area contributed by atoms with Gasteiger partial charge in [-0.05, 0) is 31.5 Å². The summed E-state index contributed by atoms with van der Waals surface area (Å²) in [5.74, 6) is -0.272. The average Bonchev–Trinajstić information content (AvgIpc) is 2.29. The number of rotatable bonds is 6. The standard InChI is InChI=1S/C13H19N3O2/c1-3-15-12(17)8-14-9-13(18)16-11-6-4-5-10(2)7-11/h4-7,14H,3,8-9H2,1-2H3,(H,15,17)(H,16,18). The van der Waals surface area contributed by atoms with Crippen molar-refractivity contribution < 1.29 is 9.59 Å². The molecule has 1 aromatic carbocycles. The Morgan fingerprint density at radius 3 is 2.56 bits per heavy atom. The van der Waals surface area contributed by atoms with Crippen molar-refractivity contribution in [2.75, 3.05) is 25.0 Å². The van der Waals surface area contributed by atoms with E-state index >= 15 is 0 Å². The summed E-state index contributed by atoms with van der Waals surface area (Å²) in [5.41, 5.74) is 1.85. The second kappa shape index (κ2) is 7.45. The first-order valence-corrected chi connectivity index (χ1v) is 5.95. The number of carbonyl (C=O) groups excluding carboxylic acids is 2. The maximum Gasteiger partial charge on any atom is 0.238 e. The molecule has 0 saturated carbocycles. The van der Waals surface area contributed by atoms with Crippen molar-refractivity contribution in [1.82, 2.24) is 10.6 Å². The highest BCUT2D eigenvalue weighted by Crippen LogP contribution is 2.08. The molecule has 5 heteroatoms. The maximum absolute atomic E-state index is 11.6. The lowest BCUT2D eigenvalue weighted by molar-refractivity contribution is -0.120. The summed E-state index contributed by atoms with van der Waals surface area (Å²) in [6.07, 6.45) is 0. The molecule has 0 spiro atoms. The molecule has 0 bridgehead atoms. The van der Waals surface area contributed by atoms with Crippen LogP contribution >= 0.6 is 0 Å². The zero-order valence-electron chi connectivity index (χ0n) is 10.7. The van der Waals surface area contributed by atoms with Crippen LogP contribution < -0.4 is 16.0 Å². The molecule has 18 heavy (non-hydrogen) atoms. The second-order valence-electron chi connectivity index (χ2n) is 3.97. The molecular weight excluding hydrogens is 230 g/mol. The van der Waals surface area contributed by atoms with Crippen LogP contribution in [0.2, 0.25) is 0 Å². The molecule has 0 unspecified atom stereocenters. The van der Waals surface area contributed by atoms with Crippen LogP contribution in [0.15, 0.2) is 24.3 Å². The zero-order chi connectivity index (χ0) is 13.4. The fourth-order valence-electron chi connectivity index (χ4n) is 1.48. The molecule has 0 fully saturated rings. The average molecular weight is 249 g/mol. The van der Waals surface area contributed by atoms with Gasteiger partial charge in [-0.25, -0.2) is 0 Å². The summed E-state index contributed by atoms with van der Waals surface area (Å²) in [6.45, 7) is 4.67. The van der Waals surface area contributed by atoms with Gasteiger partial charge in [0.15, 0.2) is 0 Å². The van der Waals surface area contributed by atoms with Gasteiger partial charge in [0, 0.05) is 12.2 Å². The second-order valence-corrected chi connectivity index (χ2v) is 3.97. The topological polar surface area (TPSA) is 70.2 Å². The summed E-state index contributed by atoms with van der Waals surface area (Å²) in [7, 11) is 0. The third kappa shape index (κ3) is 5.45. The van der Waals surface area contributed by atoms with Crippen LogP contribution in [-0.2, 0) is 9.59 Å². The molecule has 3 N–H and O–H groups in total. The van der Waals surface area contributed by atoms with Crippen LogP contribution in [-0.4, -0.2) is 31.4 Å². The Balaban J connectivity index is 2.28. The van der Waals surface area contributed by atoms with E-state index in [4.69, 9.17) is 0 Å². The van der Waals surface area contributed by atoms with Crippen molar-refractivity contribution in [3.05, 3.63) is 29.8 Å². The van der Waals surface area contributed by atoms with E-state index in [-0.39, 0.29) is 24.9 Å². The fraction of sp³-hybridized carbons (Fsp3) is 0.385. The SMILES string of the molecule is CCNC(=O)CNCC(=O)Nc1cccc(C)c1. The third-order valence-corrected chi connectivity index (χ3v) is 2.25. The minimum absolute atomic E-state index is 0.110. The Morgan fingerprint density at radius 2 is 1.89 bits per heavy atom. The molecule has 0 atom stereocenters. The first-order chi connectivity index (χ1) is 8.61. The monoisotopic (exact) mass is 249 g/mol. The summed E-state index contributed by atoms with van der Waals surface area (Å²) >= 11 is 0. The minimum atomic E-state index is -0.162. The van der Waals surface area contributed by atoms with E-state index in [0.717, 1.165) is 11.3 Å². The van der Waals surface area contributed by atoms with Crippen molar-refractivity contribution >= 4 is 17.5 Å². The van der Waals surface area contributed by atoms with Crippen LogP contribution in [0.25, 0.3) is 0 Å². The minimum Gasteiger partial charge on any atom is -0.355 e. The van der Waals surface area contributed by atoms with Gasteiger partial charge in [-0.3, -0.25) is 14.9 Å². The summed E-state index contributed by atoms with van der Waals surface area (Å²) in [4.78, 5) is 22.7. The van der Waals surface area contributed by atoms with E-state index < -0.39 is 0 Å². The lowest BCUT2D eigenvalue weighted by atomic mass is 10.2. The number of carbonyl (C=O) groups is 2. The van der Waals surface area contributed by atoms with Crippen molar-refractivity contribution in [2.45, 2.75) is 13.8 Å². The Kier molecular flexibility index (Phi) is 5.87. The predicted molar refractivity (Wildman–Crippen MR) is 71.4 cm³/mol. The lowest BCUT2D eigenvalue weighted by Gasteiger charge is -2.07. The Labute approximate surface area is 107 Å². The highest BCUT2D eigenvalue weighted by molar-refractivity contribution is 5.92. The van der Waals surface area contributed by atoms with Gasteiger partial charge in [-0.15, -0.1) is 0 Å². The number of benzene rings is 1. The molecule has 5 nitrogen and oxygen atoms in total. The van der Waals surface area contributed by atoms with Crippen LogP contribution in [0.4, 0.5) is 5.69 Å². The van der Waals surface area contributed by atoms with E-state index in [1.807, 2.05) is 38.1 Å². The lowest BCUT2D eigenvalue weighted by Crippen LogP contribution is -2.37. The molecule has 0 saturated heterocycles. The third-order valence-electron chi connectivity index (χ3n) is 2.25. The molecule has 1 rings (SSSR count). The first-order valence-electron chi connectivity index (χ1n) is 5.95. The van der Waals surface area contributed by atoms with Gasteiger partial charge < -0.3 is 10.6 Å². The number of anilines is 1. The predicted octanol–water partition coefficient (Wildman–Crippen LogP) is 0.659. The normalized spacial score (nSPS) is 9.89. The summed E-state index contributed by atoms with van der Waals surface area (Å²) < 4.78 is 0. The van der Waals surface area contributed by atoms with Gasteiger partial charge in [0.1, 0.15) is 0 Å². The van der Waals surface area contributed by atoms with Gasteiger partial charge in [0.2, 0.25) is 11.8 Å². The number of amides is 2. The molecule has 0 aliphatic heterocycles. The largest absolute Gasteiger partial charge is 0.355 e. The quantitative estimate of drug-likeness (QED) is 0.693. The van der Waals surface area contributed by atoms with Gasteiger partial charge >= 0.3 is 0 Å². The van der Waals surface area contributed by atoms with Crippen LogP contribution in [0.5, 0.6) is 0 Å². The molecule has 98 valence electrons. The molecule has 0 aromatic heterocycles. The van der Waals surface area contributed by atoms with E-state index in [0.29, 0.717) is 6.54 Å². The number of hydrogen-bond acceptors (Lipinski definition) is 3. The van der Waals surface area contributed by atoms with Gasteiger partial charge in [0.05, 0.1) is 13.1 Å². The number of hydrogen-bond donors (Lipinski definition) is 3. The van der Waals surface area contributed by atoms with E-state index in [2.05, 4.69) is 16.0 Å². The number of aryl methyl sites for hydroxylation is 1. The van der Waals surface area contributed by atoms with E-state index in [1.54, 1.807) is 0 Å². The number of nitrogens with one attached hydrogen (secondary N) is 3. The van der Waals surface area contributed by atoms with Gasteiger partial charge in [-0.2, -0.15) is 0 Å². The Morgan fingerprint density at radius 1 is 1.17 bits per heavy atom. The molecule has 1 aromatic rings. The molecule has 0 aliphatic carbocycles. The van der Waals surface area contributed by atoms with Gasteiger partial charge in [-0.1, -0.05) is 12.1 Å². The van der Waals surface area contributed by atoms with Crippen molar-refractivity contribution in [3.8, 4) is 0 Å². The molecule has 0 aliphatic rings. The van der Waals surface area contributed by atoms with Gasteiger partial charge in [0.25, 0.3) is 0 Å². The smallest absolute Gasteiger partial charge is 0.238 e. The van der Waals surface area contributed by atoms with E-state index in [1.165, 1.54) is 0 Å². The molecule has 2 amide bonds. The van der Waals surface area contributed by atoms with Crippen LogP contribution in [0.3, 0.4) is 0 Å². The highest BCUT2D eigenvalue weighted by atomic mass is 16.2. The highest BCUT2D eigenvalue weighted by Gasteiger charge is 2.03. The maximum atomic E-state index is 11.6. The molecule has 0 radical (unpaired) electrons. The molecule has 0 heterocycles. The van der Waals surface area contributed by atoms with E-state index in [9.17, 15) is 9.59 Å². The van der Waals surface area contributed by atoms with Crippen molar-refractivity contribution in [2.24, 2.45) is 0 Å². The summed E-state index contributed by atoms with van der Waals surface area (Å²) in [5, 5.41) is 8.18. The summed E-state index contributed by atoms with van der Waals surface area (Å²) in [6, 6.07) is 7.56. The Bertz CT molecular complexity index is 418. The Hall–Kier alpha value is -1.88. The zero-order valence-corrected chi connectivity index (χ0v) is 10.7. The molecular formula is C13H19N3O2. The van der Waals surface area contributed by atoms with Crippen LogP contribution in [0, 0.1) is 6.92 Å². The fourth-order valence-corrected chi connectivity index (χ4v) is 1.48. The van der Waals surface area contributed by atoms with Crippen molar-refractivity contribution in [3.63, 3.8) is 0 Å².